The van der Waals surface area contributed by atoms with Crippen molar-refractivity contribution in [1.29, 1.82) is 0 Å². The Balaban J connectivity index is 1.16. The van der Waals surface area contributed by atoms with E-state index in [9.17, 15) is 31.5 Å². The van der Waals surface area contributed by atoms with E-state index in [1.54, 1.807) is 43.3 Å². The lowest BCUT2D eigenvalue weighted by molar-refractivity contribution is -0.137. The van der Waals surface area contributed by atoms with Crippen LogP contribution in [0.3, 0.4) is 0 Å². The van der Waals surface area contributed by atoms with Crippen LogP contribution in [-0.4, -0.2) is 82.1 Å². The highest BCUT2D eigenvalue weighted by Gasteiger charge is 2.45. The average Bonchev–Trinajstić information content (AvgIpc) is 3.69. The number of nitrogens with zero attached hydrogens (tertiary/aromatic N) is 2. The van der Waals surface area contributed by atoms with Crippen LogP contribution in [0, 0.1) is 5.41 Å². The van der Waals surface area contributed by atoms with Crippen LogP contribution in [0.5, 0.6) is 0 Å². The number of anilines is 1. The molecule has 3 fully saturated rings. The van der Waals surface area contributed by atoms with Gasteiger partial charge in [0.05, 0.1) is 42.1 Å². The number of rotatable bonds is 10. The predicted molar refractivity (Wildman–Crippen MR) is 172 cm³/mol. The van der Waals surface area contributed by atoms with Crippen molar-refractivity contribution >= 4 is 21.4 Å². The van der Waals surface area contributed by atoms with Crippen molar-refractivity contribution < 1.29 is 36.2 Å². The number of alkyl halides is 3. The van der Waals surface area contributed by atoms with E-state index in [2.05, 4.69) is 15.1 Å². The Morgan fingerprint density at radius 1 is 1.04 bits per heavy atom. The second-order valence-corrected chi connectivity index (χ2v) is 15.3. The molecule has 3 atom stereocenters. The van der Waals surface area contributed by atoms with Crippen molar-refractivity contribution in [3.8, 4) is 0 Å². The molecule has 1 unspecified atom stereocenters. The van der Waals surface area contributed by atoms with Gasteiger partial charge >= 0.3 is 6.18 Å². The zero-order valence-electron chi connectivity index (χ0n) is 26.2. The van der Waals surface area contributed by atoms with E-state index < -0.39 is 27.6 Å². The van der Waals surface area contributed by atoms with Crippen LogP contribution in [0.15, 0.2) is 77.7 Å². The topological polar surface area (TPSA) is 99.2 Å². The molecule has 1 amide bonds. The molecule has 0 radical (unpaired) electrons. The Morgan fingerprint density at radius 2 is 1.72 bits per heavy atom. The van der Waals surface area contributed by atoms with E-state index >= 15 is 0 Å². The minimum Gasteiger partial charge on any atom is -0.394 e. The predicted octanol–water partition coefficient (Wildman–Crippen LogP) is 5.05. The number of aliphatic hydroxyl groups excluding tert-OH is 1. The molecule has 3 aliphatic heterocycles. The molecular weight excluding hydrogens is 631 g/mol. The van der Waals surface area contributed by atoms with Crippen LogP contribution in [0.4, 0.5) is 18.9 Å². The largest absolute Gasteiger partial charge is 0.416 e. The van der Waals surface area contributed by atoms with Gasteiger partial charge in [-0.25, -0.2) is 8.42 Å². The van der Waals surface area contributed by atoms with E-state index in [1.807, 2.05) is 12.1 Å². The lowest BCUT2D eigenvalue weighted by Gasteiger charge is -2.38. The molecule has 2 N–H and O–H groups in total. The molecule has 3 heterocycles. The van der Waals surface area contributed by atoms with Crippen LogP contribution >= 0.6 is 0 Å². The molecule has 0 aliphatic carbocycles. The molecule has 8 nitrogen and oxygen atoms in total. The lowest BCUT2D eigenvalue weighted by Crippen LogP contribution is -2.46. The van der Waals surface area contributed by atoms with Crippen LogP contribution < -0.4 is 10.2 Å². The molecular formula is C35H40F3N3O5S. The Hall–Kier alpha value is -3.45. The fraction of sp³-hybridized carbons (Fsp3) is 0.457. The fourth-order valence-corrected chi connectivity index (χ4v) is 7.94. The van der Waals surface area contributed by atoms with Gasteiger partial charge in [0.2, 0.25) is 0 Å². The number of benzene rings is 3. The maximum absolute atomic E-state index is 13.2. The van der Waals surface area contributed by atoms with Gasteiger partial charge in [-0.1, -0.05) is 31.2 Å². The first kappa shape index (κ1) is 33.5. The number of hydrogen-bond acceptors (Lipinski definition) is 7. The monoisotopic (exact) mass is 671 g/mol. The fourth-order valence-electron chi connectivity index (χ4n) is 7.05. The molecule has 0 saturated carbocycles. The summed E-state index contributed by atoms with van der Waals surface area (Å²) in [6.45, 7) is 6.22. The van der Waals surface area contributed by atoms with E-state index in [4.69, 9.17) is 4.74 Å². The lowest BCUT2D eigenvalue weighted by atomic mass is 9.85. The summed E-state index contributed by atoms with van der Waals surface area (Å²) in [7, 11) is -3.37. The standard InChI is InChI=1S/C35H40F3N3O5S/c1-2-47(44,45)31-13-7-25(8-14-31)32(20-42)39-33(43)26-5-11-29(12-6-26)41-18-27(24-3-9-28(10-4-24)35(36,37)38)17-30(41)19-40-16-15-34(21-40)22-46-23-34/h3-14,27,30,32,42H,2,15-23H2,1H3,(H,39,43)/t27?,30-,32-/m0/s1. The molecule has 3 saturated heterocycles. The molecule has 1 spiro atoms. The number of carbonyl (C=O) groups excluding carboxylic acids is 1. The van der Waals surface area contributed by atoms with Gasteiger partial charge in [-0.05, 0) is 79.0 Å². The molecule has 3 aromatic rings. The molecule has 3 aromatic carbocycles. The number of sulfone groups is 1. The minimum absolute atomic E-state index is 0.0230. The summed E-state index contributed by atoms with van der Waals surface area (Å²) in [4.78, 5) is 18.1. The summed E-state index contributed by atoms with van der Waals surface area (Å²) in [6.07, 6.45) is -2.49. The number of halogens is 3. The normalized spacial score (nSPS) is 21.9. The van der Waals surface area contributed by atoms with Gasteiger partial charge in [-0.15, -0.1) is 0 Å². The zero-order valence-corrected chi connectivity index (χ0v) is 27.1. The Labute approximate surface area is 273 Å². The molecule has 3 aliphatic rings. The van der Waals surface area contributed by atoms with Gasteiger partial charge in [-0.2, -0.15) is 13.2 Å². The quantitative estimate of drug-likeness (QED) is 0.312. The van der Waals surface area contributed by atoms with E-state index in [0.29, 0.717) is 17.7 Å². The van der Waals surface area contributed by atoms with Crippen LogP contribution in [0.2, 0.25) is 0 Å². The highest BCUT2D eigenvalue weighted by molar-refractivity contribution is 7.91. The average molecular weight is 672 g/mol. The van der Waals surface area contributed by atoms with Crippen molar-refractivity contribution in [2.24, 2.45) is 5.41 Å². The highest BCUT2D eigenvalue weighted by atomic mass is 32.2. The van der Waals surface area contributed by atoms with Gasteiger partial charge in [-0.3, -0.25) is 4.79 Å². The zero-order chi connectivity index (χ0) is 33.4. The summed E-state index contributed by atoms with van der Waals surface area (Å²) in [6, 6.07) is 18.3. The molecule has 12 heteroatoms. The third-order valence-corrected chi connectivity index (χ3v) is 11.6. The van der Waals surface area contributed by atoms with Gasteiger partial charge in [0, 0.05) is 48.3 Å². The van der Waals surface area contributed by atoms with E-state index in [0.717, 1.165) is 69.1 Å². The molecule has 252 valence electrons. The number of nitrogens with one attached hydrogen (secondary N) is 1. The first-order chi connectivity index (χ1) is 22.4. The highest BCUT2D eigenvalue weighted by Crippen LogP contribution is 2.41. The smallest absolute Gasteiger partial charge is 0.394 e. The second-order valence-electron chi connectivity index (χ2n) is 13.1. The van der Waals surface area contributed by atoms with Crippen LogP contribution in [0.1, 0.15) is 58.8 Å². The second kappa shape index (κ2) is 13.2. The van der Waals surface area contributed by atoms with Crippen molar-refractivity contribution in [2.45, 2.75) is 48.8 Å². The summed E-state index contributed by atoms with van der Waals surface area (Å²) in [5.41, 5.74) is 2.37. The molecule has 47 heavy (non-hydrogen) atoms. The van der Waals surface area contributed by atoms with Crippen molar-refractivity contribution in [1.82, 2.24) is 10.2 Å². The Morgan fingerprint density at radius 3 is 2.28 bits per heavy atom. The number of ether oxygens (including phenoxy) is 1. The third-order valence-electron chi connectivity index (χ3n) is 9.90. The first-order valence-corrected chi connectivity index (χ1v) is 17.6. The number of likely N-dealkylation sites (tertiary alicyclic amines) is 1. The van der Waals surface area contributed by atoms with E-state index in [1.165, 1.54) is 12.1 Å². The maximum atomic E-state index is 13.2. The van der Waals surface area contributed by atoms with Gasteiger partial charge in [0.15, 0.2) is 9.84 Å². The number of aliphatic hydroxyl groups is 1. The summed E-state index contributed by atoms with van der Waals surface area (Å²) in [5, 5.41) is 12.8. The number of carbonyl (C=O) groups is 1. The van der Waals surface area contributed by atoms with Gasteiger partial charge in [0.25, 0.3) is 5.91 Å². The Kier molecular flexibility index (Phi) is 9.41. The molecule has 6 rings (SSSR count). The first-order valence-electron chi connectivity index (χ1n) is 16.0. The Bertz CT molecular complexity index is 1660. The summed E-state index contributed by atoms with van der Waals surface area (Å²) < 4.78 is 69.4. The number of amides is 1. The van der Waals surface area contributed by atoms with Crippen molar-refractivity contribution in [3.05, 3.63) is 95.1 Å². The van der Waals surface area contributed by atoms with Crippen molar-refractivity contribution in [2.75, 3.05) is 56.7 Å². The maximum Gasteiger partial charge on any atom is 0.416 e. The van der Waals surface area contributed by atoms with Gasteiger partial charge < -0.3 is 25.0 Å². The summed E-state index contributed by atoms with van der Waals surface area (Å²) in [5.74, 6) is -0.352. The van der Waals surface area contributed by atoms with Crippen LogP contribution in [-0.2, 0) is 20.8 Å². The SMILES string of the molecule is CCS(=O)(=O)c1ccc([C@H](CO)NC(=O)c2ccc(N3CC(c4ccc(C(F)(F)F)cc4)C[C@H]3CN3CCC4(COC4)C3)cc2)cc1. The third kappa shape index (κ3) is 7.20. The van der Waals surface area contributed by atoms with E-state index in [-0.39, 0.29) is 40.5 Å². The summed E-state index contributed by atoms with van der Waals surface area (Å²) >= 11 is 0. The van der Waals surface area contributed by atoms with Crippen LogP contribution in [0.25, 0.3) is 0 Å². The molecule has 0 aromatic heterocycles. The van der Waals surface area contributed by atoms with Crippen molar-refractivity contribution in [3.63, 3.8) is 0 Å². The molecule has 0 bridgehead atoms. The van der Waals surface area contributed by atoms with Gasteiger partial charge in [0.1, 0.15) is 0 Å². The minimum atomic E-state index is -4.38. The number of hydrogen-bond donors (Lipinski definition) is 2.